The number of nitrogens with one attached hydrogen (secondary N) is 2. The average Bonchev–Trinajstić information content (AvgIpc) is 2.83. The van der Waals surface area contributed by atoms with Gasteiger partial charge >= 0.3 is 0 Å². The average molecular weight is 447 g/mol. The van der Waals surface area contributed by atoms with Crippen LogP contribution in [0.1, 0.15) is 16.7 Å². The Hall–Kier alpha value is -4.02. The van der Waals surface area contributed by atoms with E-state index in [1.165, 1.54) is 7.11 Å². The topological polar surface area (TPSA) is 100 Å². The lowest BCUT2D eigenvalue weighted by molar-refractivity contribution is 0.306. The highest BCUT2D eigenvalue weighted by atomic mass is 35.5. The van der Waals surface area contributed by atoms with Crippen LogP contribution in [0.4, 0.5) is 5.69 Å². The summed E-state index contributed by atoms with van der Waals surface area (Å²) in [5, 5.41) is 13.4. The SMILES string of the molecule is COc1cc(NCc2cc3ccc(OCc4ccncc4)c(Cl)c3[nH]c2=O)ccc1C#N. The van der Waals surface area contributed by atoms with Gasteiger partial charge in [-0.1, -0.05) is 11.6 Å². The molecule has 0 radical (unpaired) electrons. The van der Waals surface area contributed by atoms with E-state index in [1.54, 1.807) is 42.7 Å². The zero-order chi connectivity index (χ0) is 22.5. The second-order valence-corrected chi connectivity index (χ2v) is 7.37. The van der Waals surface area contributed by atoms with Gasteiger partial charge < -0.3 is 19.8 Å². The molecule has 2 heterocycles. The summed E-state index contributed by atoms with van der Waals surface area (Å²) < 4.78 is 11.0. The second kappa shape index (κ2) is 9.41. The van der Waals surface area contributed by atoms with Crippen molar-refractivity contribution in [3.63, 3.8) is 0 Å². The maximum Gasteiger partial charge on any atom is 0.253 e. The Kier molecular flexibility index (Phi) is 6.24. The first-order valence-corrected chi connectivity index (χ1v) is 10.1. The Morgan fingerprint density at radius 1 is 1.12 bits per heavy atom. The van der Waals surface area contributed by atoms with E-state index in [0.29, 0.717) is 39.8 Å². The molecule has 160 valence electrons. The maximum atomic E-state index is 12.7. The number of methoxy groups -OCH3 is 1. The van der Waals surface area contributed by atoms with Crippen LogP contribution in [0.3, 0.4) is 0 Å². The highest BCUT2D eigenvalue weighted by Crippen LogP contribution is 2.32. The number of nitriles is 1. The Morgan fingerprint density at radius 2 is 1.94 bits per heavy atom. The third-order valence-electron chi connectivity index (χ3n) is 4.95. The van der Waals surface area contributed by atoms with Crippen LogP contribution in [0.5, 0.6) is 11.5 Å². The van der Waals surface area contributed by atoms with Gasteiger partial charge in [0.2, 0.25) is 0 Å². The van der Waals surface area contributed by atoms with Crippen LogP contribution in [0, 0.1) is 11.3 Å². The van der Waals surface area contributed by atoms with E-state index in [0.717, 1.165) is 16.6 Å². The molecule has 0 saturated carbocycles. The molecular weight excluding hydrogens is 428 g/mol. The molecule has 2 aromatic carbocycles. The van der Waals surface area contributed by atoms with Crippen LogP contribution in [0.25, 0.3) is 10.9 Å². The Balaban J connectivity index is 1.54. The number of nitrogens with zero attached hydrogens (tertiary/aromatic N) is 2. The molecule has 0 aliphatic heterocycles. The molecule has 0 bridgehead atoms. The van der Waals surface area contributed by atoms with Gasteiger partial charge in [-0.3, -0.25) is 9.78 Å². The van der Waals surface area contributed by atoms with Gasteiger partial charge in [0, 0.05) is 41.6 Å². The lowest BCUT2D eigenvalue weighted by atomic mass is 10.1. The van der Waals surface area contributed by atoms with Crippen molar-refractivity contribution in [2.45, 2.75) is 13.2 Å². The van der Waals surface area contributed by atoms with Gasteiger partial charge in [-0.25, -0.2) is 0 Å². The van der Waals surface area contributed by atoms with E-state index in [1.807, 2.05) is 18.2 Å². The predicted molar refractivity (Wildman–Crippen MR) is 123 cm³/mol. The molecule has 8 heteroatoms. The van der Waals surface area contributed by atoms with E-state index in [9.17, 15) is 4.79 Å². The summed E-state index contributed by atoms with van der Waals surface area (Å²) >= 11 is 6.50. The van der Waals surface area contributed by atoms with Crippen LogP contribution in [0.15, 0.2) is 65.7 Å². The summed E-state index contributed by atoms with van der Waals surface area (Å²) in [6.07, 6.45) is 3.39. The minimum absolute atomic E-state index is 0.251. The molecule has 0 aliphatic rings. The van der Waals surface area contributed by atoms with Gasteiger partial charge in [-0.2, -0.15) is 5.26 Å². The summed E-state index contributed by atoms with van der Waals surface area (Å²) in [5.41, 5.74) is 2.95. The Labute approximate surface area is 189 Å². The third-order valence-corrected chi connectivity index (χ3v) is 5.32. The molecule has 7 nitrogen and oxygen atoms in total. The largest absolute Gasteiger partial charge is 0.495 e. The quantitative estimate of drug-likeness (QED) is 0.428. The number of pyridine rings is 2. The Bertz CT molecular complexity index is 1360. The van der Waals surface area contributed by atoms with Gasteiger partial charge in [0.25, 0.3) is 5.56 Å². The van der Waals surface area contributed by atoms with Crippen LogP contribution in [-0.2, 0) is 13.2 Å². The molecular formula is C24H19ClN4O3. The van der Waals surface area contributed by atoms with E-state index in [-0.39, 0.29) is 12.1 Å². The fraction of sp³-hybridized carbons (Fsp3) is 0.125. The zero-order valence-corrected chi connectivity index (χ0v) is 17.9. The molecule has 2 aromatic heterocycles. The van der Waals surface area contributed by atoms with E-state index < -0.39 is 0 Å². The molecule has 0 fully saturated rings. The van der Waals surface area contributed by atoms with Gasteiger partial charge in [0.05, 0.1) is 18.2 Å². The third kappa shape index (κ3) is 4.51. The molecule has 0 aliphatic carbocycles. The van der Waals surface area contributed by atoms with E-state index in [2.05, 4.69) is 21.4 Å². The first-order chi connectivity index (χ1) is 15.6. The van der Waals surface area contributed by atoms with Crippen molar-refractivity contribution >= 4 is 28.2 Å². The number of fused-ring (bicyclic) bond motifs is 1. The normalized spacial score (nSPS) is 10.5. The Morgan fingerprint density at radius 3 is 2.69 bits per heavy atom. The lowest BCUT2D eigenvalue weighted by Crippen LogP contribution is -2.16. The summed E-state index contributed by atoms with van der Waals surface area (Å²) in [6.45, 7) is 0.631. The van der Waals surface area contributed by atoms with Crippen molar-refractivity contribution in [1.82, 2.24) is 9.97 Å². The first-order valence-electron chi connectivity index (χ1n) is 9.77. The van der Waals surface area contributed by atoms with Crippen molar-refractivity contribution in [1.29, 1.82) is 5.26 Å². The number of benzene rings is 2. The minimum Gasteiger partial charge on any atom is -0.495 e. The lowest BCUT2D eigenvalue weighted by Gasteiger charge is -2.12. The van der Waals surface area contributed by atoms with Crippen molar-refractivity contribution in [2.24, 2.45) is 0 Å². The van der Waals surface area contributed by atoms with Crippen molar-refractivity contribution in [3.8, 4) is 17.6 Å². The highest BCUT2D eigenvalue weighted by Gasteiger charge is 2.11. The second-order valence-electron chi connectivity index (χ2n) is 6.99. The molecule has 0 amide bonds. The number of anilines is 1. The molecule has 32 heavy (non-hydrogen) atoms. The summed E-state index contributed by atoms with van der Waals surface area (Å²) in [4.78, 5) is 19.5. The van der Waals surface area contributed by atoms with Gasteiger partial charge in [-0.15, -0.1) is 0 Å². The monoisotopic (exact) mass is 446 g/mol. The fourth-order valence-electron chi connectivity index (χ4n) is 3.24. The minimum atomic E-state index is -0.251. The number of aromatic amines is 1. The number of aromatic nitrogens is 2. The van der Waals surface area contributed by atoms with Crippen molar-refractivity contribution in [3.05, 3.63) is 93.0 Å². The van der Waals surface area contributed by atoms with Crippen LogP contribution in [0.2, 0.25) is 5.02 Å². The first kappa shape index (κ1) is 21.2. The zero-order valence-electron chi connectivity index (χ0n) is 17.2. The standard InChI is InChI=1S/C24H19ClN4O3/c1-31-21-11-19(4-2-17(21)12-26)28-13-18-10-16-3-5-20(22(25)23(16)29-24(18)30)32-14-15-6-8-27-9-7-15/h2-11,28H,13-14H2,1H3,(H,29,30). The summed E-state index contributed by atoms with van der Waals surface area (Å²) in [7, 11) is 1.51. The van der Waals surface area contributed by atoms with Crippen LogP contribution in [-0.4, -0.2) is 17.1 Å². The fourth-order valence-corrected chi connectivity index (χ4v) is 3.51. The molecule has 2 N–H and O–H groups in total. The van der Waals surface area contributed by atoms with E-state index in [4.69, 9.17) is 26.3 Å². The molecule has 0 unspecified atom stereocenters. The van der Waals surface area contributed by atoms with Crippen LogP contribution < -0.4 is 20.3 Å². The van der Waals surface area contributed by atoms with Crippen LogP contribution >= 0.6 is 11.6 Å². The molecule has 4 rings (SSSR count). The van der Waals surface area contributed by atoms with E-state index >= 15 is 0 Å². The molecule has 4 aromatic rings. The summed E-state index contributed by atoms with van der Waals surface area (Å²) in [6, 6.07) is 16.4. The number of halogens is 1. The summed E-state index contributed by atoms with van der Waals surface area (Å²) in [5.74, 6) is 0.957. The number of hydrogen-bond donors (Lipinski definition) is 2. The molecule has 0 atom stereocenters. The number of ether oxygens (including phenoxy) is 2. The number of rotatable bonds is 7. The smallest absolute Gasteiger partial charge is 0.253 e. The van der Waals surface area contributed by atoms with Crippen molar-refractivity contribution in [2.75, 3.05) is 12.4 Å². The van der Waals surface area contributed by atoms with Gasteiger partial charge in [0.1, 0.15) is 29.2 Å². The predicted octanol–water partition coefficient (Wildman–Crippen LogP) is 4.65. The maximum absolute atomic E-state index is 12.7. The molecule has 0 saturated heterocycles. The number of hydrogen-bond acceptors (Lipinski definition) is 6. The van der Waals surface area contributed by atoms with Gasteiger partial charge in [0.15, 0.2) is 0 Å². The highest BCUT2D eigenvalue weighted by molar-refractivity contribution is 6.36. The van der Waals surface area contributed by atoms with Crippen molar-refractivity contribution < 1.29 is 9.47 Å². The number of H-pyrrole nitrogens is 1. The molecule has 0 spiro atoms. The van der Waals surface area contributed by atoms with Gasteiger partial charge in [-0.05, 0) is 48.0 Å².